The molecule has 2 heterocycles. The zero-order valence-corrected chi connectivity index (χ0v) is 19.5. The van der Waals surface area contributed by atoms with E-state index in [1.165, 1.54) is 0 Å². The van der Waals surface area contributed by atoms with Gasteiger partial charge in [0.25, 0.3) is 0 Å². The molecule has 0 spiro atoms. The van der Waals surface area contributed by atoms with Gasteiger partial charge in [-0.3, -0.25) is 4.79 Å². The summed E-state index contributed by atoms with van der Waals surface area (Å²) in [4.78, 5) is 27.7. The first kappa shape index (κ1) is 23.2. The molecule has 0 fully saturated rings. The lowest BCUT2D eigenvalue weighted by Crippen LogP contribution is -2.52. The Morgan fingerprint density at radius 3 is 2.50 bits per heavy atom. The average molecular weight is 464 g/mol. The van der Waals surface area contributed by atoms with Crippen LogP contribution in [0.3, 0.4) is 0 Å². The van der Waals surface area contributed by atoms with Crippen LogP contribution in [-0.2, 0) is 17.8 Å². The molecule has 1 aliphatic rings. The molecular weight excluding hydrogens is 434 g/mol. The minimum Gasteiger partial charge on any atom is -0.493 e. The monoisotopic (exact) mass is 463 g/mol. The Morgan fingerprint density at radius 2 is 1.82 bits per heavy atom. The molecule has 3 amide bonds. The van der Waals surface area contributed by atoms with Crippen LogP contribution in [0, 0.1) is 0 Å². The Bertz CT molecular complexity index is 1130. The fourth-order valence-electron chi connectivity index (χ4n) is 4.23. The van der Waals surface area contributed by atoms with E-state index >= 15 is 0 Å². The second-order valence-corrected chi connectivity index (χ2v) is 8.13. The largest absolute Gasteiger partial charge is 0.493 e. The first-order chi connectivity index (χ1) is 16.5. The van der Waals surface area contributed by atoms with Crippen molar-refractivity contribution in [2.24, 2.45) is 0 Å². The SMILES string of the molecule is COc1cc2c(cc1OC)C(c1ccccc1)N(C(=O)N[C@H](C)C(=O)NCc1ccco1)CC2. The standard InChI is InChI=1S/C26H29N3O5/c1-17(25(30)27-16-20-10-7-13-34-20)28-26(31)29-12-11-19-14-22(32-2)23(33-3)15-21(19)24(29)18-8-5-4-6-9-18/h4-10,13-15,17,24H,11-12,16H2,1-3H3,(H,27,30)(H,28,31)/t17-,24?/m1/s1. The molecule has 8 nitrogen and oxygen atoms in total. The van der Waals surface area contributed by atoms with Gasteiger partial charge < -0.3 is 29.4 Å². The molecule has 0 saturated carbocycles. The Balaban J connectivity index is 1.56. The molecule has 2 N–H and O–H groups in total. The quantitative estimate of drug-likeness (QED) is 0.558. The summed E-state index contributed by atoms with van der Waals surface area (Å²) in [5, 5.41) is 5.63. The maximum atomic E-state index is 13.4. The van der Waals surface area contributed by atoms with E-state index in [-0.39, 0.29) is 24.5 Å². The number of hydrogen-bond acceptors (Lipinski definition) is 5. The van der Waals surface area contributed by atoms with Crippen molar-refractivity contribution in [1.82, 2.24) is 15.5 Å². The summed E-state index contributed by atoms with van der Waals surface area (Å²) in [5.41, 5.74) is 3.04. The van der Waals surface area contributed by atoms with Gasteiger partial charge in [-0.05, 0) is 54.3 Å². The molecule has 34 heavy (non-hydrogen) atoms. The fourth-order valence-corrected chi connectivity index (χ4v) is 4.23. The number of rotatable bonds is 7. The summed E-state index contributed by atoms with van der Waals surface area (Å²) in [5.74, 6) is 1.63. The van der Waals surface area contributed by atoms with Crippen LogP contribution < -0.4 is 20.1 Å². The predicted octanol–water partition coefficient (Wildman–Crippen LogP) is 3.66. The fraction of sp³-hybridized carbons (Fsp3) is 0.308. The lowest BCUT2D eigenvalue weighted by atomic mass is 9.88. The summed E-state index contributed by atoms with van der Waals surface area (Å²) in [7, 11) is 3.21. The predicted molar refractivity (Wildman–Crippen MR) is 127 cm³/mol. The minimum absolute atomic E-state index is 0.261. The van der Waals surface area contributed by atoms with Crippen molar-refractivity contribution in [2.75, 3.05) is 20.8 Å². The van der Waals surface area contributed by atoms with E-state index in [0.717, 1.165) is 16.7 Å². The number of amides is 3. The van der Waals surface area contributed by atoms with Gasteiger partial charge in [-0.15, -0.1) is 0 Å². The third-order valence-corrected chi connectivity index (χ3v) is 6.00. The Labute approximate surface area is 198 Å². The molecule has 4 rings (SSSR count). The summed E-state index contributed by atoms with van der Waals surface area (Å²) in [6.07, 6.45) is 2.21. The maximum absolute atomic E-state index is 13.4. The number of methoxy groups -OCH3 is 2. The van der Waals surface area contributed by atoms with Gasteiger partial charge in [-0.25, -0.2) is 4.79 Å². The highest BCUT2D eigenvalue weighted by Gasteiger charge is 2.34. The first-order valence-corrected chi connectivity index (χ1v) is 11.2. The van der Waals surface area contributed by atoms with E-state index in [2.05, 4.69) is 10.6 Å². The van der Waals surface area contributed by atoms with Crippen LogP contribution in [0.25, 0.3) is 0 Å². The van der Waals surface area contributed by atoms with Gasteiger partial charge in [0.1, 0.15) is 11.8 Å². The molecular formula is C26H29N3O5. The zero-order valence-electron chi connectivity index (χ0n) is 19.5. The van der Waals surface area contributed by atoms with E-state index in [1.54, 1.807) is 44.4 Å². The molecule has 8 heteroatoms. The van der Waals surface area contributed by atoms with Crippen molar-refractivity contribution in [1.29, 1.82) is 0 Å². The van der Waals surface area contributed by atoms with Crippen LogP contribution in [0.15, 0.2) is 65.3 Å². The second kappa shape index (κ2) is 10.3. The van der Waals surface area contributed by atoms with Crippen molar-refractivity contribution in [2.45, 2.75) is 32.0 Å². The highest BCUT2D eigenvalue weighted by Crippen LogP contribution is 2.41. The molecule has 178 valence electrons. The van der Waals surface area contributed by atoms with E-state index < -0.39 is 6.04 Å². The van der Waals surface area contributed by atoms with Gasteiger partial charge in [0.15, 0.2) is 11.5 Å². The van der Waals surface area contributed by atoms with E-state index in [9.17, 15) is 9.59 Å². The molecule has 3 aromatic rings. The molecule has 1 aliphatic heterocycles. The lowest BCUT2D eigenvalue weighted by Gasteiger charge is -2.38. The van der Waals surface area contributed by atoms with E-state index in [4.69, 9.17) is 13.9 Å². The lowest BCUT2D eigenvalue weighted by molar-refractivity contribution is -0.122. The molecule has 0 radical (unpaired) electrons. The number of ether oxygens (including phenoxy) is 2. The van der Waals surface area contributed by atoms with Crippen LogP contribution in [-0.4, -0.2) is 43.6 Å². The Kier molecular flexibility index (Phi) is 7.06. The topological polar surface area (TPSA) is 93.0 Å². The van der Waals surface area contributed by atoms with Gasteiger partial charge in [0.05, 0.1) is 33.1 Å². The molecule has 0 aliphatic carbocycles. The van der Waals surface area contributed by atoms with Crippen molar-refractivity contribution in [3.63, 3.8) is 0 Å². The van der Waals surface area contributed by atoms with Crippen molar-refractivity contribution < 1.29 is 23.5 Å². The highest BCUT2D eigenvalue weighted by atomic mass is 16.5. The molecule has 2 aromatic carbocycles. The Morgan fingerprint density at radius 1 is 1.09 bits per heavy atom. The van der Waals surface area contributed by atoms with E-state index in [1.807, 2.05) is 42.5 Å². The summed E-state index contributed by atoms with van der Waals surface area (Å²) in [6.45, 7) is 2.42. The Hall–Kier alpha value is -3.94. The van der Waals surface area contributed by atoms with Crippen LogP contribution in [0.5, 0.6) is 11.5 Å². The van der Waals surface area contributed by atoms with Gasteiger partial charge in [0.2, 0.25) is 5.91 Å². The second-order valence-electron chi connectivity index (χ2n) is 8.13. The number of carbonyl (C=O) groups excluding carboxylic acids is 2. The number of urea groups is 1. The smallest absolute Gasteiger partial charge is 0.318 e. The maximum Gasteiger partial charge on any atom is 0.318 e. The van der Waals surface area contributed by atoms with E-state index in [0.29, 0.717) is 30.2 Å². The van der Waals surface area contributed by atoms with Crippen LogP contribution in [0.4, 0.5) is 4.79 Å². The van der Waals surface area contributed by atoms with Gasteiger partial charge in [-0.1, -0.05) is 30.3 Å². The van der Waals surface area contributed by atoms with Crippen molar-refractivity contribution >= 4 is 11.9 Å². The molecule has 1 aromatic heterocycles. The molecule has 1 unspecified atom stereocenters. The minimum atomic E-state index is -0.717. The number of benzene rings is 2. The van der Waals surface area contributed by atoms with Crippen LogP contribution >= 0.6 is 0 Å². The number of hydrogen-bond donors (Lipinski definition) is 2. The van der Waals surface area contributed by atoms with Crippen molar-refractivity contribution in [3.05, 3.63) is 83.3 Å². The van der Waals surface area contributed by atoms with Crippen LogP contribution in [0.1, 0.15) is 35.4 Å². The van der Waals surface area contributed by atoms with Gasteiger partial charge in [-0.2, -0.15) is 0 Å². The summed E-state index contributed by atoms with van der Waals surface area (Å²) < 4.78 is 16.3. The average Bonchev–Trinajstić information content (AvgIpc) is 3.39. The van der Waals surface area contributed by atoms with Gasteiger partial charge >= 0.3 is 6.03 Å². The number of nitrogens with zero attached hydrogens (tertiary/aromatic N) is 1. The van der Waals surface area contributed by atoms with Crippen molar-refractivity contribution in [3.8, 4) is 11.5 Å². The number of carbonyl (C=O) groups is 2. The normalized spacial score (nSPS) is 15.7. The zero-order chi connectivity index (χ0) is 24.1. The van der Waals surface area contributed by atoms with Gasteiger partial charge in [0, 0.05) is 6.54 Å². The number of furan rings is 1. The third kappa shape index (κ3) is 4.85. The highest BCUT2D eigenvalue weighted by molar-refractivity contribution is 5.87. The summed E-state index contributed by atoms with van der Waals surface area (Å²) in [6, 6.07) is 15.9. The first-order valence-electron chi connectivity index (χ1n) is 11.2. The molecule has 0 bridgehead atoms. The third-order valence-electron chi connectivity index (χ3n) is 6.00. The number of nitrogens with one attached hydrogen (secondary N) is 2. The molecule has 2 atom stereocenters. The molecule has 0 saturated heterocycles. The van der Waals surface area contributed by atoms with Crippen LogP contribution in [0.2, 0.25) is 0 Å². The number of fused-ring (bicyclic) bond motifs is 1. The summed E-state index contributed by atoms with van der Waals surface area (Å²) >= 11 is 0.